The van der Waals surface area contributed by atoms with Gasteiger partial charge in [-0.15, -0.1) is 21.8 Å². The number of hydrogen-bond donors (Lipinski definition) is 0. The Morgan fingerprint density at radius 1 is 1.43 bits per heavy atom. The van der Waals surface area contributed by atoms with Crippen molar-refractivity contribution in [3.8, 4) is 0 Å². The summed E-state index contributed by atoms with van der Waals surface area (Å²) in [5.74, 6) is 0.442. The predicted octanol–water partition coefficient (Wildman–Crippen LogP) is 2.69. The first-order valence-corrected chi connectivity index (χ1v) is 6.10. The highest BCUT2D eigenvalue weighted by molar-refractivity contribution is 7.11. The molecule has 14 heavy (non-hydrogen) atoms. The molecule has 78 valence electrons. The van der Waals surface area contributed by atoms with E-state index in [1.54, 1.807) is 18.4 Å². The Bertz CT molecular complexity index is 310. The maximum absolute atomic E-state index is 5.70. The Hall–Kier alpha value is -0.190. The van der Waals surface area contributed by atoms with Gasteiger partial charge in [-0.05, 0) is 12.8 Å². The summed E-state index contributed by atoms with van der Waals surface area (Å²) < 4.78 is 5.61. The van der Waals surface area contributed by atoms with E-state index in [2.05, 4.69) is 10.2 Å². The van der Waals surface area contributed by atoms with Crippen molar-refractivity contribution in [1.29, 1.82) is 0 Å². The van der Waals surface area contributed by atoms with Crippen LogP contribution in [0.2, 0.25) is 0 Å². The third-order valence-corrected chi connectivity index (χ3v) is 4.29. The fourth-order valence-corrected chi connectivity index (χ4v) is 3.07. The topological polar surface area (TPSA) is 35.0 Å². The first-order chi connectivity index (χ1) is 6.80. The van der Waals surface area contributed by atoms with Gasteiger partial charge in [-0.25, -0.2) is 0 Å². The van der Waals surface area contributed by atoms with Gasteiger partial charge in [0.2, 0.25) is 0 Å². The Kier molecular flexibility index (Phi) is 3.04. The molecule has 1 heterocycles. The molecule has 0 N–H and O–H groups in total. The molecule has 0 unspecified atom stereocenters. The van der Waals surface area contributed by atoms with Crippen LogP contribution in [0, 0.1) is 0 Å². The van der Waals surface area contributed by atoms with E-state index in [1.165, 1.54) is 12.8 Å². The van der Waals surface area contributed by atoms with Crippen LogP contribution in [0.15, 0.2) is 0 Å². The van der Waals surface area contributed by atoms with Gasteiger partial charge in [0.1, 0.15) is 15.6 Å². The van der Waals surface area contributed by atoms with Gasteiger partial charge >= 0.3 is 0 Å². The second-order valence-corrected chi connectivity index (χ2v) is 4.87. The molecule has 0 aliphatic heterocycles. The standard InChI is InChI=1S/C9H13ClN2OS/c1-13-9(4-2-3-5-9)8-12-11-7(6-10)14-8/h2-6H2,1H3. The summed E-state index contributed by atoms with van der Waals surface area (Å²) in [6, 6.07) is 0. The summed E-state index contributed by atoms with van der Waals surface area (Å²) in [5.41, 5.74) is -0.165. The Morgan fingerprint density at radius 3 is 2.64 bits per heavy atom. The number of alkyl halides is 1. The Balaban J connectivity index is 2.26. The molecule has 0 bridgehead atoms. The number of halogens is 1. The highest BCUT2D eigenvalue weighted by atomic mass is 35.5. The van der Waals surface area contributed by atoms with Gasteiger partial charge in [0.15, 0.2) is 0 Å². The maximum atomic E-state index is 5.70. The summed E-state index contributed by atoms with van der Waals surface area (Å²) in [6.45, 7) is 0. The first-order valence-electron chi connectivity index (χ1n) is 4.75. The van der Waals surface area contributed by atoms with E-state index < -0.39 is 0 Å². The molecular formula is C9H13ClN2OS. The molecule has 1 aliphatic rings. The van der Waals surface area contributed by atoms with Crippen LogP contribution in [0.25, 0.3) is 0 Å². The average molecular weight is 233 g/mol. The van der Waals surface area contributed by atoms with E-state index >= 15 is 0 Å². The molecule has 0 spiro atoms. The minimum atomic E-state index is -0.165. The zero-order chi connectivity index (χ0) is 10.0. The van der Waals surface area contributed by atoms with Crippen LogP contribution in [0.3, 0.4) is 0 Å². The molecule has 0 saturated heterocycles. The highest BCUT2D eigenvalue weighted by Crippen LogP contribution is 2.42. The lowest BCUT2D eigenvalue weighted by Gasteiger charge is -2.23. The third-order valence-electron chi connectivity index (χ3n) is 2.77. The average Bonchev–Trinajstić information content (AvgIpc) is 2.87. The molecule has 1 aromatic heterocycles. The number of hydrogen-bond acceptors (Lipinski definition) is 4. The SMILES string of the molecule is COC1(c2nnc(CCl)s2)CCCC1. The van der Waals surface area contributed by atoms with E-state index in [0.29, 0.717) is 5.88 Å². The van der Waals surface area contributed by atoms with Gasteiger partial charge in [-0.2, -0.15) is 0 Å². The Morgan fingerprint density at radius 2 is 2.14 bits per heavy atom. The quantitative estimate of drug-likeness (QED) is 0.752. The number of methoxy groups -OCH3 is 1. The fourth-order valence-electron chi connectivity index (χ4n) is 1.94. The molecule has 1 saturated carbocycles. The minimum Gasteiger partial charge on any atom is -0.371 e. The summed E-state index contributed by atoms with van der Waals surface area (Å²) in [4.78, 5) is 0. The molecule has 1 aliphatic carbocycles. The molecule has 1 fully saturated rings. The molecule has 0 radical (unpaired) electrons. The van der Waals surface area contributed by atoms with Crippen LogP contribution in [-0.2, 0) is 16.2 Å². The summed E-state index contributed by atoms with van der Waals surface area (Å²) >= 11 is 7.28. The van der Waals surface area contributed by atoms with Crippen molar-refractivity contribution < 1.29 is 4.74 Å². The van der Waals surface area contributed by atoms with Crippen LogP contribution in [0.5, 0.6) is 0 Å². The van der Waals surface area contributed by atoms with Gasteiger partial charge in [0, 0.05) is 7.11 Å². The van der Waals surface area contributed by atoms with E-state index in [9.17, 15) is 0 Å². The number of ether oxygens (including phenoxy) is 1. The molecule has 1 aromatic rings. The van der Waals surface area contributed by atoms with E-state index in [1.807, 2.05) is 0 Å². The molecule has 2 rings (SSSR count). The van der Waals surface area contributed by atoms with Crippen molar-refractivity contribution in [1.82, 2.24) is 10.2 Å². The lowest BCUT2D eigenvalue weighted by Crippen LogP contribution is -2.24. The minimum absolute atomic E-state index is 0.165. The summed E-state index contributed by atoms with van der Waals surface area (Å²) in [6.07, 6.45) is 4.54. The monoisotopic (exact) mass is 232 g/mol. The third kappa shape index (κ3) is 1.66. The van der Waals surface area contributed by atoms with Crippen molar-refractivity contribution in [2.75, 3.05) is 7.11 Å². The van der Waals surface area contributed by atoms with E-state index in [4.69, 9.17) is 16.3 Å². The van der Waals surface area contributed by atoms with Crippen molar-refractivity contribution in [2.24, 2.45) is 0 Å². The largest absolute Gasteiger partial charge is 0.371 e. The predicted molar refractivity (Wildman–Crippen MR) is 56.6 cm³/mol. The van der Waals surface area contributed by atoms with Crippen LogP contribution in [0.1, 0.15) is 35.7 Å². The lowest BCUT2D eigenvalue weighted by atomic mass is 10.0. The van der Waals surface area contributed by atoms with Crippen molar-refractivity contribution >= 4 is 22.9 Å². The zero-order valence-corrected chi connectivity index (χ0v) is 9.70. The Labute approximate surface area is 92.4 Å². The zero-order valence-electron chi connectivity index (χ0n) is 8.12. The molecule has 0 amide bonds. The van der Waals surface area contributed by atoms with E-state index in [0.717, 1.165) is 22.9 Å². The van der Waals surface area contributed by atoms with Gasteiger partial charge in [-0.3, -0.25) is 0 Å². The van der Waals surface area contributed by atoms with Gasteiger partial charge < -0.3 is 4.74 Å². The molecule has 5 heteroatoms. The van der Waals surface area contributed by atoms with Crippen LogP contribution >= 0.6 is 22.9 Å². The maximum Gasteiger partial charge on any atom is 0.149 e. The number of nitrogens with zero attached hydrogens (tertiary/aromatic N) is 2. The number of rotatable bonds is 3. The molecule has 0 atom stereocenters. The van der Waals surface area contributed by atoms with Crippen LogP contribution in [-0.4, -0.2) is 17.3 Å². The lowest BCUT2D eigenvalue weighted by molar-refractivity contribution is -0.00936. The van der Waals surface area contributed by atoms with Crippen molar-refractivity contribution in [2.45, 2.75) is 37.2 Å². The molecular weight excluding hydrogens is 220 g/mol. The van der Waals surface area contributed by atoms with Gasteiger partial charge in [-0.1, -0.05) is 24.2 Å². The number of aromatic nitrogens is 2. The first kappa shape index (κ1) is 10.3. The second kappa shape index (κ2) is 4.13. The molecule has 0 aromatic carbocycles. The second-order valence-electron chi connectivity index (χ2n) is 3.54. The summed E-state index contributed by atoms with van der Waals surface area (Å²) in [7, 11) is 1.76. The summed E-state index contributed by atoms with van der Waals surface area (Å²) in [5, 5.41) is 10.1. The smallest absolute Gasteiger partial charge is 0.149 e. The van der Waals surface area contributed by atoms with Gasteiger partial charge in [0.05, 0.1) is 5.88 Å². The normalized spacial score (nSPS) is 20.1. The van der Waals surface area contributed by atoms with Crippen molar-refractivity contribution in [3.05, 3.63) is 10.0 Å². The van der Waals surface area contributed by atoms with Crippen molar-refractivity contribution in [3.63, 3.8) is 0 Å². The molecule has 3 nitrogen and oxygen atoms in total. The highest BCUT2D eigenvalue weighted by Gasteiger charge is 2.38. The fraction of sp³-hybridized carbons (Fsp3) is 0.778. The van der Waals surface area contributed by atoms with Crippen LogP contribution < -0.4 is 0 Å². The van der Waals surface area contributed by atoms with Crippen LogP contribution in [0.4, 0.5) is 0 Å². The van der Waals surface area contributed by atoms with Gasteiger partial charge in [0.25, 0.3) is 0 Å². The van der Waals surface area contributed by atoms with E-state index in [-0.39, 0.29) is 5.60 Å².